The Balaban J connectivity index is 1.76. The fraction of sp³-hybridized carbons (Fsp3) is 0.261. The average Bonchev–Trinajstić information content (AvgIpc) is 3.28. The predicted octanol–water partition coefficient (Wildman–Crippen LogP) is 5.51. The number of rotatable bonds is 6. The van der Waals surface area contributed by atoms with E-state index in [0.717, 1.165) is 10.2 Å². The highest BCUT2D eigenvalue weighted by Gasteiger charge is 2.27. The maximum absolute atomic E-state index is 13.5. The molecule has 0 saturated carbocycles. The van der Waals surface area contributed by atoms with Gasteiger partial charge in [-0.05, 0) is 49.6 Å². The maximum atomic E-state index is 13.5. The van der Waals surface area contributed by atoms with E-state index in [0.29, 0.717) is 22.4 Å². The summed E-state index contributed by atoms with van der Waals surface area (Å²) in [6, 6.07) is 15.5. The van der Waals surface area contributed by atoms with Crippen LogP contribution in [0.4, 0.5) is 16.5 Å². The quantitative estimate of drug-likeness (QED) is 0.286. The number of amides is 1. The van der Waals surface area contributed by atoms with Gasteiger partial charge in [0.2, 0.25) is 0 Å². The molecule has 2 heterocycles. The lowest BCUT2D eigenvalue weighted by atomic mass is 10.0. The molecular formula is C23H23N5O3S. The molecule has 2 aromatic carbocycles. The van der Waals surface area contributed by atoms with Crippen LogP contribution in [0.2, 0.25) is 0 Å². The van der Waals surface area contributed by atoms with Crippen LogP contribution in [-0.2, 0) is 11.3 Å². The Labute approximate surface area is 189 Å². The van der Waals surface area contributed by atoms with E-state index in [-0.39, 0.29) is 23.8 Å². The number of fused-ring (bicyclic) bond motifs is 1. The normalized spacial score (nSPS) is 11.3. The third kappa shape index (κ3) is 3.99. The van der Waals surface area contributed by atoms with Gasteiger partial charge in [-0.15, -0.1) is 0 Å². The molecule has 0 N–H and O–H groups in total. The van der Waals surface area contributed by atoms with Crippen LogP contribution in [-0.4, -0.2) is 25.6 Å². The molecule has 0 atom stereocenters. The minimum absolute atomic E-state index is 0.0642. The van der Waals surface area contributed by atoms with Crippen molar-refractivity contribution in [2.24, 2.45) is 0 Å². The molecule has 4 aromatic rings. The number of nitrogens with zero attached hydrogens (tertiary/aromatic N) is 5. The molecule has 0 aliphatic rings. The van der Waals surface area contributed by atoms with Gasteiger partial charge in [0.05, 0.1) is 20.8 Å². The zero-order chi connectivity index (χ0) is 23.0. The van der Waals surface area contributed by atoms with Gasteiger partial charge >= 0.3 is 5.69 Å². The molecule has 0 aliphatic carbocycles. The van der Waals surface area contributed by atoms with Crippen molar-refractivity contribution in [2.75, 3.05) is 4.90 Å². The molecule has 0 aliphatic heterocycles. The van der Waals surface area contributed by atoms with E-state index in [9.17, 15) is 14.9 Å². The predicted molar refractivity (Wildman–Crippen MR) is 126 cm³/mol. The summed E-state index contributed by atoms with van der Waals surface area (Å²) in [6.07, 6.45) is 0. The summed E-state index contributed by atoms with van der Waals surface area (Å²) in [5.74, 6) is 0.0905. The van der Waals surface area contributed by atoms with E-state index >= 15 is 0 Å². The number of thiazole rings is 1. The molecule has 0 unspecified atom stereocenters. The topological polar surface area (TPSA) is 94.2 Å². The average molecular weight is 450 g/mol. The van der Waals surface area contributed by atoms with Crippen LogP contribution in [0.25, 0.3) is 10.2 Å². The number of benzene rings is 2. The molecule has 0 bridgehead atoms. The molecule has 0 fully saturated rings. The third-order valence-electron chi connectivity index (χ3n) is 5.35. The van der Waals surface area contributed by atoms with Gasteiger partial charge in [0.15, 0.2) is 5.13 Å². The van der Waals surface area contributed by atoms with E-state index < -0.39 is 4.92 Å². The van der Waals surface area contributed by atoms with Gasteiger partial charge in [-0.1, -0.05) is 49.4 Å². The molecule has 4 rings (SSSR count). The molecule has 32 heavy (non-hydrogen) atoms. The second kappa shape index (κ2) is 8.51. The summed E-state index contributed by atoms with van der Waals surface area (Å²) < 4.78 is 2.36. The number of carbonyl (C=O) groups excluding carboxylic acids is 1. The first-order valence-electron chi connectivity index (χ1n) is 10.2. The Bertz CT molecular complexity index is 1270. The molecule has 1 amide bonds. The smallest absolute Gasteiger partial charge is 0.272 e. The van der Waals surface area contributed by atoms with Crippen molar-refractivity contribution in [3.8, 4) is 0 Å². The van der Waals surface area contributed by atoms with Crippen LogP contribution >= 0.6 is 11.3 Å². The van der Waals surface area contributed by atoms with Crippen molar-refractivity contribution in [1.82, 2.24) is 14.8 Å². The summed E-state index contributed by atoms with van der Waals surface area (Å²) in [5, 5.41) is 16.1. The molecule has 0 spiro atoms. The number of para-hydroxylation sites is 1. The maximum Gasteiger partial charge on any atom is 0.312 e. The number of anilines is 2. The Morgan fingerprint density at radius 2 is 1.84 bits per heavy atom. The van der Waals surface area contributed by atoms with Crippen LogP contribution in [0.1, 0.15) is 36.7 Å². The molecule has 0 radical (unpaired) electrons. The fourth-order valence-electron chi connectivity index (χ4n) is 3.63. The second-order valence-corrected chi connectivity index (χ2v) is 8.88. The standard InChI is InChI=1S/C23H23N5O3S/c1-14(2)17-9-11-18(12-10-17)27(23-24-19-7-5-6-8-20(19)32-23)21(29)13-26-16(4)22(28(30)31)15(3)25-26/h5-12,14H,13H2,1-4H3. The van der Waals surface area contributed by atoms with Gasteiger partial charge in [-0.2, -0.15) is 5.10 Å². The molecule has 9 heteroatoms. The van der Waals surface area contributed by atoms with E-state index in [4.69, 9.17) is 0 Å². The van der Waals surface area contributed by atoms with Crippen molar-refractivity contribution in [3.05, 3.63) is 75.6 Å². The van der Waals surface area contributed by atoms with Crippen molar-refractivity contribution < 1.29 is 9.72 Å². The van der Waals surface area contributed by atoms with Gasteiger partial charge in [0, 0.05) is 0 Å². The Morgan fingerprint density at radius 3 is 2.44 bits per heavy atom. The highest BCUT2D eigenvalue weighted by Crippen LogP contribution is 2.34. The first kappa shape index (κ1) is 21.6. The van der Waals surface area contributed by atoms with Gasteiger partial charge < -0.3 is 0 Å². The fourth-order valence-corrected chi connectivity index (χ4v) is 4.63. The summed E-state index contributed by atoms with van der Waals surface area (Å²) >= 11 is 1.42. The van der Waals surface area contributed by atoms with Crippen LogP contribution in [0, 0.1) is 24.0 Å². The largest absolute Gasteiger partial charge is 0.312 e. The number of hydrogen-bond acceptors (Lipinski definition) is 6. The molecule has 2 aromatic heterocycles. The Morgan fingerprint density at radius 1 is 1.16 bits per heavy atom. The van der Waals surface area contributed by atoms with Crippen LogP contribution < -0.4 is 4.90 Å². The number of nitro groups is 1. The van der Waals surface area contributed by atoms with Crippen molar-refractivity contribution in [2.45, 2.75) is 40.2 Å². The van der Waals surface area contributed by atoms with E-state index in [2.05, 4.69) is 23.9 Å². The third-order valence-corrected chi connectivity index (χ3v) is 6.37. The van der Waals surface area contributed by atoms with Crippen molar-refractivity contribution in [3.63, 3.8) is 0 Å². The number of aryl methyl sites for hydroxylation is 1. The van der Waals surface area contributed by atoms with Crippen LogP contribution in [0.3, 0.4) is 0 Å². The monoisotopic (exact) mass is 449 g/mol. The van der Waals surface area contributed by atoms with E-state index in [1.165, 1.54) is 21.6 Å². The second-order valence-electron chi connectivity index (χ2n) is 7.87. The summed E-state index contributed by atoms with van der Waals surface area (Å²) in [5.41, 5.74) is 3.24. The van der Waals surface area contributed by atoms with Crippen molar-refractivity contribution in [1.29, 1.82) is 0 Å². The van der Waals surface area contributed by atoms with Gasteiger partial charge in [0.25, 0.3) is 5.91 Å². The minimum atomic E-state index is -0.464. The lowest BCUT2D eigenvalue weighted by Crippen LogP contribution is -2.30. The summed E-state index contributed by atoms with van der Waals surface area (Å²) in [6.45, 7) is 7.26. The van der Waals surface area contributed by atoms with Gasteiger partial charge in [-0.3, -0.25) is 24.5 Å². The van der Waals surface area contributed by atoms with Crippen molar-refractivity contribution >= 4 is 44.0 Å². The highest BCUT2D eigenvalue weighted by molar-refractivity contribution is 7.22. The van der Waals surface area contributed by atoms with Gasteiger partial charge in [0.1, 0.15) is 17.9 Å². The summed E-state index contributed by atoms with van der Waals surface area (Å²) in [7, 11) is 0. The summed E-state index contributed by atoms with van der Waals surface area (Å²) in [4.78, 5) is 30.6. The molecular weight excluding hydrogens is 426 g/mol. The van der Waals surface area contributed by atoms with Crippen LogP contribution in [0.15, 0.2) is 48.5 Å². The zero-order valence-electron chi connectivity index (χ0n) is 18.3. The Kier molecular flexibility index (Phi) is 5.75. The van der Waals surface area contributed by atoms with Crippen LogP contribution in [0.5, 0.6) is 0 Å². The number of carbonyl (C=O) groups is 1. The first-order valence-corrected chi connectivity index (χ1v) is 11.0. The molecule has 164 valence electrons. The SMILES string of the molecule is Cc1nn(CC(=O)N(c2ccc(C(C)C)cc2)c2nc3ccccc3s2)c(C)c1[N+](=O)[O-]. The van der Waals surface area contributed by atoms with E-state index in [1.807, 2.05) is 48.5 Å². The number of hydrogen-bond donors (Lipinski definition) is 0. The molecule has 8 nitrogen and oxygen atoms in total. The van der Waals surface area contributed by atoms with E-state index in [1.54, 1.807) is 18.7 Å². The lowest BCUT2D eigenvalue weighted by molar-refractivity contribution is -0.386. The first-order chi connectivity index (χ1) is 15.3. The number of aromatic nitrogens is 3. The minimum Gasteiger partial charge on any atom is -0.272 e. The highest BCUT2D eigenvalue weighted by atomic mass is 32.1. The molecule has 0 saturated heterocycles. The van der Waals surface area contributed by atoms with Gasteiger partial charge in [-0.25, -0.2) is 4.98 Å². The lowest BCUT2D eigenvalue weighted by Gasteiger charge is -2.21. The Hall–Kier alpha value is -3.59. The zero-order valence-corrected chi connectivity index (χ0v) is 19.1.